The lowest BCUT2D eigenvalue weighted by atomic mass is 9.94. The zero-order valence-electron chi connectivity index (χ0n) is 13.6. The van der Waals surface area contributed by atoms with Crippen molar-refractivity contribution >= 4 is 29.9 Å². The minimum absolute atomic E-state index is 0.136. The van der Waals surface area contributed by atoms with Crippen molar-refractivity contribution in [2.45, 2.75) is 52.4 Å². The molecule has 0 rings (SSSR count). The van der Waals surface area contributed by atoms with Gasteiger partial charge in [-0.25, -0.2) is 4.79 Å². The molecule has 0 saturated heterocycles. The summed E-state index contributed by atoms with van der Waals surface area (Å²) in [4.78, 5) is 35.4. The van der Waals surface area contributed by atoms with E-state index in [9.17, 15) is 14.4 Å². The first kappa shape index (κ1) is 19.8. The summed E-state index contributed by atoms with van der Waals surface area (Å²) in [6.07, 6.45) is -1.54. The number of rotatable bonds is 5. The fourth-order valence-corrected chi connectivity index (χ4v) is 2.15. The molecule has 122 valence electrons. The van der Waals surface area contributed by atoms with Crippen LogP contribution in [0.5, 0.6) is 0 Å². The van der Waals surface area contributed by atoms with E-state index >= 15 is 0 Å². The molecule has 0 aliphatic rings. The van der Waals surface area contributed by atoms with Crippen LogP contribution in [-0.4, -0.2) is 41.8 Å². The van der Waals surface area contributed by atoms with Crippen LogP contribution in [0.4, 0.5) is 4.79 Å². The summed E-state index contributed by atoms with van der Waals surface area (Å²) in [7, 11) is 1.18. The summed E-state index contributed by atoms with van der Waals surface area (Å²) < 4.78 is 13.8. The molecule has 0 aliphatic heterocycles. The standard InChI is InChI=1S/C14H24O6S/c1-9(2)19-12(17)20-11(16)14(6,10(15)18-7)8-21-13(3,4)5/h9H,8H2,1-7H3/t14-/m1/s1. The molecule has 0 aromatic carbocycles. The van der Waals surface area contributed by atoms with Crippen LogP contribution in [0.1, 0.15) is 41.5 Å². The first-order chi connectivity index (χ1) is 9.42. The van der Waals surface area contributed by atoms with E-state index in [1.54, 1.807) is 13.8 Å². The monoisotopic (exact) mass is 320 g/mol. The highest BCUT2D eigenvalue weighted by Crippen LogP contribution is 2.33. The smallest absolute Gasteiger partial charge is 0.468 e. The van der Waals surface area contributed by atoms with Gasteiger partial charge in [0.1, 0.15) is 0 Å². The van der Waals surface area contributed by atoms with Gasteiger partial charge in [-0.05, 0) is 20.8 Å². The number of carbonyl (C=O) groups excluding carboxylic acids is 3. The molecule has 0 bridgehead atoms. The molecule has 6 nitrogen and oxygen atoms in total. The predicted molar refractivity (Wildman–Crippen MR) is 80.0 cm³/mol. The predicted octanol–water partition coefficient (Wildman–Crippen LogP) is 2.79. The second-order valence-corrected chi connectivity index (χ2v) is 7.83. The van der Waals surface area contributed by atoms with E-state index < -0.39 is 29.6 Å². The van der Waals surface area contributed by atoms with Crippen molar-refractivity contribution in [3.05, 3.63) is 0 Å². The Bertz CT molecular complexity index is 399. The Labute approximate surface area is 129 Å². The average Bonchev–Trinajstić information content (AvgIpc) is 2.32. The summed E-state index contributed by atoms with van der Waals surface area (Å²) in [6, 6.07) is 0. The van der Waals surface area contributed by atoms with Crippen LogP contribution >= 0.6 is 11.8 Å². The molecular formula is C14H24O6S. The minimum atomic E-state index is -1.57. The van der Waals surface area contributed by atoms with Crippen LogP contribution in [0, 0.1) is 5.41 Å². The highest BCUT2D eigenvalue weighted by molar-refractivity contribution is 8.00. The molecule has 0 N–H and O–H groups in total. The molecule has 0 unspecified atom stereocenters. The summed E-state index contributed by atoms with van der Waals surface area (Å²) in [6.45, 7) is 10.5. The number of hydrogen-bond donors (Lipinski definition) is 0. The maximum atomic E-state index is 12.1. The molecule has 0 aromatic heterocycles. The van der Waals surface area contributed by atoms with Gasteiger partial charge in [-0.3, -0.25) is 9.59 Å². The van der Waals surface area contributed by atoms with E-state index in [1.807, 2.05) is 20.8 Å². The molecule has 0 aromatic rings. The SMILES string of the molecule is COC(=O)[C@@](C)(CSC(C)(C)C)C(=O)OC(=O)OC(C)C. The molecule has 0 fully saturated rings. The van der Waals surface area contributed by atoms with Gasteiger partial charge in [0.05, 0.1) is 13.2 Å². The van der Waals surface area contributed by atoms with Crippen LogP contribution in [-0.2, 0) is 23.8 Å². The molecule has 0 amide bonds. The van der Waals surface area contributed by atoms with E-state index in [1.165, 1.54) is 25.8 Å². The molecule has 0 heterocycles. The second-order valence-electron chi connectivity index (χ2n) is 6.03. The third-order valence-electron chi connectivity index (χ3n) is 2.39. The maximum Gasteiger partial charge on any atom is 0.516 e. The number of ether oxygens (including phenoxy) is 3. The lowest BCUT2D eigenvalue weighted by Crippen LogP contribution is -2.43. The van der Waals surface area contributed by atoms with Crippen molar-refractivity contribution in [1.29, 1.82) is 0 Å². The first-order valence-corrected chi connectivity index (χ1v) is 7.56. The van der Waals surface area contributed by atoms with Gasteiger partial charge in [0, 0.05) is 10.5 Å². The summed E-state index contributed by atoms with van der Waals surface area (Å²) >= 11 is 1.40. The Morgan fingerprint density at radius 2 is 1.57 bits per heavy atom. The van der Waals surface area contributed by atoms with E-state index in [4.69, 9.17) is 4.74 Å². The molecule has 0 aliphatic carbocycles. The van der Waals surface area contributed by atoms with Gasteiger partial charge in [-0.1, -0.05) is 20.8 Å². The van der Waals surface area contributed by atoms with Gasteiger partial charge in [0.25, 0.3) is 0 Å². The number of methoxy groups -OCH3 is 1. The number of carbonyl (C=O) groups is 3. The third-order valence-corrected chi connectivity index (χ3v) is 3.98. The molecule has 1 atom stereocenters. The first-order valence-electron chi connectivity index (χ1n) is 6.57. The van der Waals surface area contributed by atoms with Crippen LogP contribution in [0.2, 0.25) is 0 Å². The molecule has 21 heavy (non-hydrogen) atoms. The van der Waals surface area contributed by atoms with Crippen LogP contribution in [0.25, 0.3) is 0 Å². The zero-order chi connectivity index (χ0) is 16.8. The van der Waals surface area contributed by atoms with E-state index in [2.05, 4.69) is 9.47 Å². The van der Waals surface area contributed by atoms with Gasteiger partial charge < -0.3 is 14.2 Å². The molecule has 0 saturated carbocycles. The fourth-order valence-electron chi connectivity index (χ4n) is 1.19. The van der Waals surface area contributed by atoms with Gasteiger partial charge in [0.2, 0.25) is 0 Å². The topological polar surface area (TPSA) is 78.9 Å². The Balaban J connectivity index is 5.01. The fraction of sp³-hybridized carbons (Fsp3) is 0.786. The Kier molecular flexibility index (Phi) is 7.23. The zero-order valence-corrected chi connectivity index (χ0v) is 14.5. The molecule has 7 heteroatoms. The van der Waals surface area contributed by atoms with Gasteiger partial charge in [-0.15, -0.1) is 0 Å². The largest absolute Gasteiger partial charge is 0.516 e. The summed E-state index contributed by atoms with van der Waals surface area (Å²) in [5.74, 6) is -1.59. The maximum absolute atomic E-state index is 12.1. The van der Waals surface area contributed by atoms with Crippen molar-refractivity contribution < 1.29 is 28.6 Å². The van der Waals surface area contributed by atoms with E-state index in [0.29, 0.717) is 0 Å². The van der Waals surface area contributed by atoms with Crippen molar-refractivity contribution in [3.8, 4) is 0 Å². The number of thioether (sulfide) groups is 1. The average molecular weight is 320 g/mol. The van der Waals surface area contributed by atoms with Crippen LogP contribution < -0.4 is 0 Å². The number of hydrogen-bond acceptors (Lipinski definition) is 7. The normalized spacial score (nSPS) is 14.3. The highest BCUT2D eigenvalue weighted by atomic mass is 32.2. The molecule has 0 spiro atoms. The molecule has 0 radical (unpaired) electrons. The number of esters is 2. The van der Waals surface area contributed by atoms with Crippen LogP contribution in [0.3, 0.4) is 0 Å². The van der Waals surface area contributed by atoms with E-state index in [-0.39, 0.29) is 10.5 Å². The summed E-state index contributed by atoms with van der Waals surface area (Å²) in [5.41, 5.74) is -1.57. The lowest BCUT2D eigenvalue weighted by molar-refractivity contribution is -0.165. The Morgan fingerprint density at radius 3 is 1.95 bits per heavy atom. The van der Waals surface area contributed by atoms with Crippen LogP contribution in [0.15, 0.2) is 0 Å². The van der Waals surface area contributed by atoms with Crippen molar-refractivity contribution in [2.24, 2.45) is 5.41 Å². The van der Waals surface area contributed by atoms with Gasteiger partial charge >= 0.3 is 18.1 Å². The highest BCUT2D eigenvalue weighted by Gasteiger charge is 2.46. The van der Waals surface area contributed by atoms with Crippen molar-refractivity contribution in [1.82, 2.24) is 0 Å². The minimum Gasteiger partial charge on any atom is -0.468 e. The Morgan fingerprint density at radius 1 is 1.05 bits per heavy atom. The quantitative estimate of drug-likeness (QED) is 0.569. The third kappa shape index (κ3) is 6.84. The second kappa shape index (κ2) is 7.68. The van der Waals surface area contributed by atoms with Gasteiger partial charge in [-0.2, -0.15) is 11.8 Å². The van der Waals surface area contributed by atoms with E-state index in [0.717, 1.165) is 0 Å². The van der Waals surface area contributed by atoms with Gasteiger partial charge in [0.15, 0.2) is 5.41 Å². The summed E-state index contributed by atoms with van der Waals surface area (Å²) in [5, 5.41) is 0. The van der Waals surface area contributed by atoms with Crippen molar-refractivity contribution in [2.75, 3.05) is 12.9 Å². The molecular weight excluding hydrogens is 296 g/mol. The lowest BCUT2D eigenvalue weighted by Gasteiger charge is -2.27. The van der Waals surface area contributed by atoms with Crippen molar-refractivity contribution in [3.63, 3.8) is 0 Å². The Hall–Kier alpha value is -1.24.